The summed E-state index contributed by atoms with van der Waals surface area (Å²) < 4.78 is 21.1. The lowest BCUT2D eigenvalue weighted by Crippen LogP contribution is -2.44. The minimum Gasteiger partial charge on any atom is -0.334 e. The van der Waals surface area contributed by atoms with E-state index < -0.39 is 23.1 Å². The van der Waals surface area contributed by atoms with E-state index in [4.69, 9.17) is 55.5 Å². The van der Waals surface area contributed by atoms with Gasteiger partial charge < -0.3 is 14.4 Å². The van der Waals surface area contributed by atoms with Crippen molar-refractivity contribution in [3.63, 3.8) is 0 Å². The number of carbonyl (C=O) groups excluding carboxylic acids is 1. The van der Waals surface area contributed by atoms with Gasteiger partial charge >= 0.3 is 7.60 Å². The van der Waals surface area contributed by atoms with E-state index >= 15 is 0 Å². The van der Waals surface area contributed by atoms with Crippen LogP contribution in [0.2, 0.25) is 5.02 Å². The monoisotopic (exact) mass is 421 g/mol. The van der Waals surface area contributed by atoms with Crippen molar-refractivity contribution in [1.29, 1.82) is 0 Å². The van der Waals surface area contributed by atoms with Gasteiger partial charge in [-0.05, 0) is 38.1 Å². The Hall–Kier alpha value is -0.000000000000000111. The van der Waals surface area contributed by atoms with Crippen molar-refractivity contribution in [2.45, 2.75) is 23.4 Å². The molecular formula is C13H16Cl4NO4P. The standard InChI is InChI=1S/C13H16Cl4NO4P/c1-3-21-23(20,22-4-2)12(13(15,16)17)18-11(19)9-5-7-10(14)8-6-9/h5-8,12H,3-4H2,1-2H3,(H,18,19)/t12-/m1/s1. The van der Waals surface area contributed by atoms with Gasteiger partial charge in [0.1, 0.15) is 0 Å². The molecule has 0 radical (unpaired) electrons. The van der Waals surface area contributed by atoms with Crippen molar-refractivity contribution < 1.29 is 18.4 Å². The number of amides is 1. The number of carbonyl (C=O) groups is 1. The highest BCUT2D eigenvalue weighted by molar-refractivity contribution is 7.55. The third-order valence-corrected chi connectivity index (χ3v) is 6.37. The molecule has 0 aliphatic rings. The minimum absolute atomic E-state index is 0.0609. The molecule has 5 nitrogen and oxygen atoms in total. The van der Waals surface area contributed by atoms with Crippen molar-refractivity contribution >= 4 is 59.9 Å². The molecule has 23 heavy (non-hydrogen) atoms. The normalized spacial score (nSPS) is 13.7. The topological polar surface area (TPSA) is 64.6 Å². The maximum atomic E-state index is 12.8. The summed E-state index contributed by atoms with van der Waals surface area (Å²) in [5, 5.41) is 2.88. The van der Waals surface area contributed by atoms with E-state index in [-0.39, 0.29) is 18.8 Å². The Bertz CT molecular complexity index is 566. The quantitative estimate of drug-likeness (QED) is 0.494. The molecule has 0 aliphatic heterocycles. The van der Waals surface area contributed by atoms with Crippen LogP contribution in [0.25, 0.3) is 0 Å². The van der Waals surface area contributed by atoms with E-state index in [2.05, 4.69) is 5.32 Å². The summed E-state index contributed by atoms with van der Waals surface area (Å²) in [4.78, 5) is 12.3. The van der Waals surface area contributed by atoms with Crippen LogP contribution >= 0.6 is 54.0 Å². The van der Waals surface area contributed by atoms with Crippen LogP contribution in [0, 0.1) is 0 Å². The van der Waals surface area contributed by atoms with Crippen molar-refractivity contribution in [2.24, 2.45) is 0 Å². The minimum atomic E-state index is -3.89. The summed E-state index contributed by atoms with van der Waals surface area (Å²) in [6.07, 6.45) is 0. The first kappa shape index (κ1) is 21.0. The number of hydrogen-bond acceptors (Lipinski definition) is 4. The molecule has 0 spiro atoms. The molecule has 0 aromatic heterocycles. The first-order chi connectivity index (χ1) is 10.6. The van der Waals surface area contributed by atoms with Crippen LogP contribution in [0.15, 0.2) is 24.3 Å². The van der Waals surface area contributed by atoms with Gasteiger partial charge in [0.25, 0.3) is 5.91 Å². The molecule has 0 aliphatic carbocycles. The zero-order valence-corrected chi connectivity index (χ0v) is 16.3. The lowest BCUT2D eigenvalue weighted by atomic mass is 10.2. The second kappa shape index (κ2) is 8.91. The van der Waals surface area contributed by atoms with Gasteiger partial charge in [-0.25, -0.2) is 0 Å². The van der Waals surface area contributed by atoms with Crippen LogP contribution in [0.5, 0.6) is 0 Å². The Labute approximate surface area is 155 Å². The Kier molecular flexibility index (Phi) is 8.15. The third-order valence-electron chi connectivity index (χ3n) is 2.62. The van der Waals surface area contributed by atoms with Crippen LogP contribution in [-0.4, -0.2) is 28.7 Å². The molecule has 1 N–H and O–H groups in total. The van der Waals surface area contributed by atoms with E-state index in [0.717, 1.165) is 0 Å². The predicted octanol–water partition coefficient (Wildman–Crippen LogP) is 5.03. The highest BCUT2D eigenvalue weighted by Gasteiger charge is 2.49. The van der Waals surface area contributed by atoms with Gasteiger partial charge in [0.15, 0.2) is 5.78 Å². The maximum Gasteiger partial charge on any atom is 0.357 e. The van der Waals surface area contributed by atoms with Gasteiger partial charge in [0.2, 0.25) is 3.79 Å². The van der Waals surface area contributed by atoms with E-state index in [9.17, 15) is 9.36 Å². The molecule has 10 heteroatoms. The largest absolute Gasteiger partial charge is 0.357 e. The van der Waals surface area contributed by atoms with Gasteiger partial charge in [-0.3, -0.25) is 9.36 Å². The zero-order chi connectivity index (χ0) is 17.7. The van der Waals surface area contributed by atoms with Gasteiger partial charge in [-0.15, -0.1) is 0 Å². The number of nitrogens with one attached hydrogen (secondary N) is 1. The smallest absolute Gasteiger partial charge is 0.334 e. The van der Waals surface area contributed by atoms with Crippen LogP contribution < -0.4 is 5.32 Å². The summed E-state index contributed by atoms with van der Waals surface area (Å²) in [5.41, 5.74) is 0.258. The highest BCUT2D eigenvalue weighted by atomic mass is 35.6. The predicted molar refractivity (Wildman–Crippen MR) is 93.9 cm³/mol. The lowest BCUT2D eigenvalue weighted by molar-refractivity contribution is 0.0938. The van der Waals surface area contributed by atoms with E-state index in [1.807, 2.05) is 0 Å². The van der Waals surface area contributed by atoms with Gasteiger partial charge in [0, 0.05) is 10.6 Å². The van der Waals surface area contributed by atoms with Crippen molar-refractivity contribution in [1.82, 2.24) is 5.32 Å². The molecule has 0 unspecified atom stereocenters. The van der Waals surface area contributed by atoms with Crippen molar-refractivity contribution in [2.75, 3.05) is 13.2 Å². The van der Waals surface area contributed by atoms with Crippen molar-refractivity contribution in [3.8, 4) is 0 Å². The molecule has 0 bridgehead atoms. The van der Waals surface area contributed by atoms with Gasteiger partial charge in [-0.1, -0.05) is 46.4 Å². The Morgan fingerprint density at radius 2 is 1.65 bits per heavy atom. The molecule has 130 valence electrons. The van der Waals surface area contributed by atoms with Gasteiger partial charge in [0.05, 0.1) is 13.2 Å². The molecule has 1 aromatic carbocycles. The second-order valence-electron chi connectivity index (χ2n) is 4.30. The van der Waals surface area contributed by atoms with Crippen LogP contribution in [0.3, 0.4) is 0 Å². The summed E-state index contributed by atoms with van der Waals surface area (Å²) in [6.45, 7) is 3.35. The molecule has 1 aromatic rings. The van der Waals surface area contributed by atoms with Gasteiger partial charge in [-0.2, -0.15) is 0 Å². The number of halogens is 4. The maximum absolute atomic E-state index is 12.8. The molecule has 0 saturated heterocycles. The average Bonchev–Trinajstić information content (AvgIpc) is 2.44. The van der Waals surface area contributed by atoms with Crippen molar-refractivity contribution in [3.05, 3.63) is 34.9 Å². The molecule has 1 rings (SSSR count). The molecule has 1 amide bonds. The van der Waals surface area contributed by atoms with E-state index in [1.54, 1.807) is 13.8 Å². The number of benzene rings is 1. The summed E-state index contributed by atoms with van der Waals surface area (Å²) in [5.74, 6) is -2.07. The number of hydrogen-bond donors (Lipinski definition) is 1. The Balaban J connectivity index is 3.09. The second-order valence-corrected chi connectivity index (χ2v) is 9.22. The van der Waals surface area contributed by atoms with Crippen LogP contribution in [0.1, 0.15) is 24.2 Å². The fraction of sp³-hybridized carbons (Fsp3) is 0.462. The average molecular weight is 423 g/mol. The fourth-order valence-electron chi connectivity index (χ4n) is 1.70. The van der Waals surface area contributed by atoms with Crippen LogP contribution in [-0.2, 0) is 13.6 Å². The van der Waals surface area contributed by atoms with E-state index in [1.165, 1.54) is 24.3 Å². The van der Waals surface area contributed by atoms with E-state index in [0.29, 0.717) is 5.02 Å². The molecule has 0 heterocycles. The number of rotatable bonds is 7. The Morgan fingerprint density at radius 3 is 2.04 bits per heavy atom. The lowest BCUT2D eigenvalue weighted by Gasteiger charge is -2.31. The molecule has 1 atom stereocenters. The molecule has 0 fully saturated rings. The summed E-state index contributed by atoms with van der Waals surface area (Å²) in [6, 6.07) is 6.04. The summed E-state index contributed by atoms with van der Waals surface area (Å²) in [7, 11) is -3.89. The number of alkyl halides is 3. The highest BCUT2D eigenvalue weighted by Crippen LogP contribution is 2.58. The fourth-order valence-corrected chi connectivity index (χ4v) is 4.79. The first-order valence-corrected chi connectivity index (χ1v) is 9.78. The third kappa shape index (κ3) is 6.09. The molecular weight excluding hydrogens is 407 g/mol. The Morgan fingerprint density at radius 1 is 1.17 bits per heavy atom. The summed E-state index contributed by atoms with van der Waals surface area (Å²) >= 11 is 23.4. The van der Waals surface area contributed by atoms with Crippen LogP contribution in [0.4, 0.5) is 0 Å². The first-order valence-electron chi connectivity index (χ1n) is 6.66. The zero-order valence-electron chi connectivity index (χ0n) is 12.4. The molecule has 0 saturated carbocycles. The SMILES string of the molecule is CCOP(=O)(OCC)[C@@H](NC(=O)c1ccc(Cl)cc1)C(Cl)(Cl)Cl.